The molecule has 1 saturated heterocycles. The van der Waals surface area contributed by atoms with Crippen LogP contribution >= 0.6 is 0 Å². The van der Waals surface area contributed by atoms with Crippen LogP contribution in [0.1, 0.15) is 30.0 Å². The highest BCUT2D eigenvalue weighted by Gasteiger charge is 2.24. The van der Waals surface area contributed by atoms with Crippen molar-refractivity contribution < 1.29 is 17.6 Å². The van der Waals surface area contributed by atoms with E-state index in [9.17, 15) is 17.6 Å². The molecule has 0 radical (unpaired) electrons. The quantitative estimate of drug-likeness (QED) is 0.852. The molecule has 0 bridgehead atoms. The second-order valence-corrected chi connectivity index (χ2v) is 8.72. The highest BCUT2D eigenvalue weighted by molar-refractivity contribution is 7.89. The topological polar surface area (TPSA) is 95.2 Å². The molecule has 140 valence electrons. The molecule has 2 amide bonds. The number of rotatable bonds is 4. The maximum absolute atomic E-state index is 14.0. The Morgan fingerprint density at radius 2 is 2.08 bits per heavy atom. The predicted octanol–water partition coefficient (Wildman–Crippen LogP) is 2.50. The lowest BCUT2D eigenvalue weighted by Crippen LogP contribution is -2.40. The SMILES string of the molecule is CS(=O)(=O)Cc1ccc(NC(=O)N2CCC(c3ccn[nH]3)CC2)cc1F. The fourth-order valence-electron chi connectivity index (χ4n) is 3.11. The average Bonchev–Trinajstić information content (AvgIpc) is 3.11. The number of likely N-dealkylation sites (tertiary alicyclic amines) is 1. The Morgan fingerprint density at radius 3 is 2.65 bits per heavy atom. The molecular formula is C17H21FN4O3S. The third-order valence-electron chi connectivity index (χ3n) is 4.47. The molecule has 3 rings (SSSR count). The number of aromatic nitrogens is 2. The highest BCUT2D eigenvalue weighted by Crippen LogP contribution is 2.26. The Labute approximate surface area is 151 Å². The third-order valence-corrected chi connectivity index (χ3v) is 5.30. The van der Waals surface area contributed by atoms with Crippen LogP contribution < -0.4 is 5.32 Å². The summed E-state index contributed by atoms with van der Waals surface area (Å²) in [4.78, 5) is 14.1. The fraction of sp³-hybridized carbons (Fsp3) is 0.412. The van der Waals surface area contributed by atoms with Crippen molar-refractivity contribution in [3.05, 3.63) is 47.5 Å². The number of carbonyl (C=O) groups is 1. The monoisotopic (exact) mass is 380 g/mol. The number of benzene rings is 1. The number of halogens is 1. The Morgan fingerprint density at radius 1 is 1.35 bits per heavy atom. The number of hydrogen-bond acceptors (Lipinski definition) is 4. The van der Waals surface area contributed by atoms with E-state index >= 15 is 0 Å². The van der Waals surface area contributed by atoms with Gasteiger partial charge in [0.05, 0.1) is 5.75 Å². The van der Waals surface area contributed by atoms with Gasteiger partial charge in [-0.1, -0.05) is 6.07 Å². The summed E-state index contributed by atoms with van der Waals surface area (Å²) in [6, 6.07) is 5.70. The van der Waals surface area contributed by atoms with Crippen molar-refractivity contribution in [3.63, 3.8) is 0 Å². The number of urea groups is 1. The van der Waals surface area contributed by atoms with Gasteiger partial charge in [0.15, 0.2) is 9.84 Å². The van der Waals surface area contributed by atoms with Crippen LogP contribution in [-0.2, 0) is 15.6 Å². The molecule has 9 heteroatoms. The van der Waals surface area contributed by atoms with Crippen LogP contribution in [0.2, 0.25) is 0 Å². The number of anilines is 1. The molecule has 1 aliphatic rings. The first kappa shape index (κ1) is 18.4. The van der Waals surface area contributed by atoms with E-state index in [2.05, 4.69) is 15.5 Å². The van der Waals surface area contributed by atoms with E-state index in [1.807, 2.05) is 6.07 Å². The molecule has 26 heavy (non-hydrogen) atoms. The number of sulfone groups is 1. The molecule has 0 unspecified atom stereocenters. The maximum atomic E-state index is 14.0. The average molecular weight is 380 g/mol. The summed E-state index contributed by atoms with van der Waals surface area (Å²) >= 11 is 0. The lowest BCUT2D eigenvalue weighted by molar-refractivity contribution is 0.194. The van der Waals surface area contributed by atoms with Crippen molar-refractivity contribution in [2.45, 2.75) is 24.5 Å². The molecule has 2 aromatic rings. The van der Waals surface area contributed by atoms with Gasteiger partial charge in [0, 0.05) is 48.4 Å². The molecule has 0 atom stereocenters. The van der Waals surface area contributed by atoms with E-state index in [0.29, 0.717) is 24.7 Å². The lowest BCUT2D eigenvalue weighted by atomic mass is 9.94. The van der Waals surface area contributed by atoms with Crippen molar-refractivity contribution in [1.29, 1.82) is 0 Å². The van der Waals surface area contributed by atoms with Gasteiger partial charge in [-0.05, 0) is 31.0 Å². The first-order valence-corrected chi connectivity index (χ1v) is 10.4. The van der Waals surface area contributed by atoms with E-state index in [-0.39, 0.29) is 17.3 Å². The number of aromatic amines is 1. The van der Waals surface area contributed by atoms with Crippen molar-refractivity contribution >= 4 is 21.6 Å². The van der Waals surface area contributed by atoms with E-state index in [1.165, 1.54) is 12.1 Å². The zero-order valence-corrected chi connectivity index (χ0v) is 15.2. The number of hydrogen-bond donors (Lipinski definition) is 2. The summed E-state index contributed by atoms with van der Waals surface area (Å²) in [6.45, 7) is 1.20. The largest absolute Gasteiger partial charge is 0.324 e. The molecular weight excluding hydrogens is 359 g/mol. The second kappa shape index (κ2) is 7.45. The van der Waals surface area contributed by atoms with Crippen LogP contribution in [0.15, 0.2) is 30.5 Å². The number of nitrogens with zero attached hydrogens (tertiary/aromatic N) is 2. The van der Waals surface area contributed by atoms with E-state index < -0.39 is 15.7 Å². The summed E-state index contributed by atoms with van der Waals surface area (Å²) < 4.78 is 36.6. The zero-order valence-electron chi connectivity index (χ0n) is 14.4. The van der Waals surface area contributed by atoms with Crippen LogP contribution in [0.3, 0.4) is 0 Å². The predicted molar refractivity (Wildman–Crippen MR) is 96.1 cm³/mol. The Kier molecular flexibility index (Phi) is 5.26. The first-order chi connectivity index (χ1) is 12.3. The Balaban J connectivity index is 1.57. The van der Waals surface area contributed by atoms with Gasteiger partial charge in [-0.25, -0.2) is 17.6 Å². The Hall–Kier alpha value is -2.42. The highest BCUT2D eigenvalue weighted by atomic mass is 32.2. The van der Waals surface area contributed by atoms with Gasteiger partial charge in [0.25, 0.3) is 0 Å². The van der Waals surface area contributed by atoms with E-state index in [0.717, 1.165) is 30.9 Å². The van der Waals surface area contributed by atoms with Gasteiger partial charge >= 0.3 is 6.03 Å². The molecule has 0 saturated carbocycles. The fourth-order valence-corrected chi connectivity index (χ4v) is 3.91. The summed E-state index contributed by atoms with van der Waals surface area (Å²) in [5, 5.41) is 9.59. The van der Waals surface area contributed by atoms with Crippen LogP contribution in [0.4, 0.5) is 14.9 Å². The normalized spacial score (nSPS) is 15.8. The standard InChI is InChI=1S/C17H21FN4O3S/c1-26(24,25)11-13-2-3-14(10-15(13)18)20-17(23)22-8-5-12(6-9-22)16-4-7-19-21-16/h2-4,7,10,12H,5-6,8-9,11H2,1H3,(H,19,21)(H,20,23). The minimum atomic E-state index is -3.32. The van der Waals surface area contributed by atoms with Crippen LogP contribution in [0, 0.1) is 5.82 Å². The van der Waals surface area contributed by atoms with Crippen LogP contribution in [-0.4, -0.2) is 48.9 Å². The van der Waals surface area contributed by atoms with Crippen LogP contribution in [0.5, 0.6) is 0 Å². The third kappa shape index (κ3) is 4.60. The van der Waals surface area contributed by atoms with Crippen molar-refractivity contribution in [1.82, 2.24) is 15.1 Å². The van der Waals surface area contributed by atoms with Gasteiger partial charge in [-0.3, -0.25) is 5.10 Å². The zero-order chi connectivity index (χ0) is 18.7. The molecule has 2 heterocycles. The minimum Gasteiger partial charge on any atom is -0.324 e. The number of nitrogens with one attached hydrogen (secondary N) is 2. The molecule has 1 aliphatic heterocycles. The van der Waals surface area contributed by atoms with Gasteiger partial charge in [0.1, 0.15) is 5.82 Å². The summed E-state index contributed by atoms with van der Waals surface area (Å²) in [5.41, 5.74) is 1.47. The number of H-pyrrole nitrogens is 1. The molecule has 1 aromatic carbocycles. The van der Waals surface area contributed by atoms with Crippen molar-refractivity contribution in [2.24, 2.45) is 0 Å². The van der Waals surface area contributed by atoms with E-state index in [1.54, 1.807) is 11.1 Å². The minimum absolute atomic E-state index is 0.0888. The van der Waals surface area contributed by atoms with Crippen LogP contribution in [0.25, 0.3) is 0 Å². The summed E-state index contributed by atoms with van der Waals surface area (Å²) in [6.07, 6.45) is 4.43. The van der Waals surface area contributed by atoms with Gasteiger partial charge < -0.3 is 10.2 Å². The second-order valence-electron chi connectivity index (χ2n) is 6.58. The number of piperidine rings is 1. The molecule has 1 aromatic heterocycles. The van der Waals surface area contributed by atoms with Gasteiger partial charge in [0.2, 0.25) is 0 Å². The van der Waals surface area contributed by atoms with E-state index in [4.69, 9.17) is 0 Å². The maximum Gasteiger partial charge on any atom is 0.321 e. The smallest absolute Gasteiger partial charge is 0.321 e. The van der Waals surface area contributed by atoms with Gasteiger partial charge in [-0.15, -0.1) is 0 Å². The lowest BCUT2D eigenvalue weighted by Gasteiger charge is -2.31. The summed E-state index contributed by atoms with van der Waals surface area (Å²) in [5.74, 6) is -0.658. The molecule has 1 fully saturated rings. The number of carbonyl (C=O) groups excluding carboxylic acids is 1. The molecule has 0 aliphatic carbocycles. The number of amides is 2. The molecule has 0 spiro atoms. The van der Waals surface area contributed by atoms with Crippen molar-refractivity contribution in [2.75, 3.05) is 24.7 Å². The molecule has 2 N–H and O–H groups in total. The summed E-state index contributed by atoms with van der Waals surface area (Å²) in [7, 11) is -3.32. The van der Waals surface area contributed by atoms with Crippen molar-refractivity contribution in [3.8, 4) is 0 Å². The Bertz CT molecular complexity index is 875. The molecule has 7 nitrogen and oxygen atoms in total. The first-order valence-electron chi connectivity index (χ1n) is 8.33. The van der Waals surface area contributed by atoms with Gasteiger partial charge in [-0.2, -0.15) is 5.10 Å².